The maximum atomic E-state index is 12.0. The molecule has 0 radical (unpaired) electrons. The van der Waals surface area contributed by atoms with Crippen molar-refractivity contribution < 1.29 is 14.8 Å². The number of rotatable bonds is 4. The lowest BCUT2D eigenvalue weighted by Crippen LogP contribution is -2.39. The second-order valence-corrected chi connectivity index (χ2v) is 4.60. The van der Waals surface area contributed by atoms with E-state index in [1.165, 1.54) is 12.1 Å². The monoisotopic (exact) mass is 250 g/mol. The predicted octanol–water partition coefficient (Wildman–Crippen LogP) is 1.16. The van der Waals surface area contributed by atoms with Gasteiger partial charge in [-0.05, 0) is 25.8 Å². The second-order valence-electron chi connectivity index (χ2n) is 4.60. The van der Waals surface area contributed by atoms with Gasteiger partial charge in [0.1, 0.15) is 0 Å². The summed E-state index contributed by atoms with van der Waals surface area (Å²) in [6, 6.07) is 4.40. The van der Waals surface area contributed by atoms with E-state index in [1.54, 1.807) is 13.0 Å². The molecule has 1 amide bonds. The van der Waals surface area contributed by atoms with Crippen molar-refractivity contribution in [3.05, 3.63) is 39.4 Å². The smallest absolute Gasteiger partial charge is 0.273 e. The van der Waals surface area contributed by atoms with Crippen LogP contribution in [0.25, 0.3) is 0 Å². The van der Waals surface area contributed by atoms with E-state index in [1.807, 2.05) is 0 Å². The topological polar surface area (TPSA) is 92.5 Å². The van der Waals surface area contributed by atoms with Crippen LogP contribution in [0, 0.1) is 17.0 Å². The number of benzene rings is 1. The summed E-state index contributed by atoms with van der Waals surface area (Å²) < 4.78 is 0. The molecular formula is C12H14N2O4. The van der Waals surface area contributed by atoms with Crippen molar-refractivity contribution in [3.8, 4) is 0 Å². The van der Waals surface area contributed by atoms with Crippen LogP contribution in [0.1, 0.15) is 28.8 Å². The summed E-state index contributed by atoms with van der Waals surface area (Å²) in [6.07, 6.45) is 1.48. The Balaban J connectivity index is 2.25. The summed E-state index contributed by atoms with van der Waals surface area (Å²) in [5.41, 5.74) is 0.0305. The predicted molar refractivity (Wildman–Crippen MR) is 64.4 cm³/mol. The highest BCUT2D eigenvalue weighted by atomic mass is 16.6. The quantitative estimate of drug-likeness (QED) is 0.619. The van der Waals surface area contributed by atoms with Gasteiger partial charge < -0.3 is 10.4 Å². The highest BCUT2D eigenvalue weighted by Crippen LogP contribution is 2.35. The first-order chi connectivity index (χ1) is 8.49. The van der Waals surface area contributed by atoms with Crippen LogP contribution in [-0.2, 0) is 0 Å². The van der Waals surface area contributed by atoms with E-state index in [2.05, 4.69) is 5.32 Å². The summed E-state index contributed by atoms with van der Waals surface area (Å²) in [6.45, 7) is 1.44. The molecule has 0 atom stereocenters. The Morgan fingerprint density at radius 1 is 1.56 bits per heavy atom. The molecule has 0 heterocycles. The van der Waals surface area contributed by atoms with Gasteiger partial charge in [0.25, 0.3) is 11.6 Å². The van der Waals surface area contributed by atoms with Gasteiger partial charge in [-0.3, -0.25) is 14.9 Å². The maximum absolute atomic E-state index is 12.0. The van der Waals surface area contributed by atoms with Crippen molar-refractivity contribution in [2.24, 2.45) is 0 Å². The van der Waals surface area contributed by atoms with Gasteiger partial charge in [0.2, 0.25) is 0 Å². The molecule has 0 spiro atoms. The van der Waals surface area contributed by atoms with Crippen LogP contribution in [0.5, 0.6) is 0 Å². The number of nitrogens with zero attached hydrogens (tertiary/aromatic N) is 1. The molecule has 2 N–H and O–H groups in total. The van der Waals surface area contributed by atoms with Crippen LogP contribution in [0.15, 0.2) is 18.2 Å². The van der Waals surface area contributed by atoms with E-state index in [0.717, 1.165) is 12.8 Å². The van der Waals surface area contributed by atoms with Crippen molar-refractivity contribution in [1.82, 2.24) is 5.32 Å². The van der Waals surface area contributed by atoms with Crippen molar-refractivity contribution >= 4 is 11.6 Å². The van der Waals surface area contributed by atoms with Gasteiger partial charge in [-0.15, -0.1) is 0 Å². The van der Waals surface area contributed by atoms with Crippen LogP contribution in [-0.4, -0.2) is 28.1 Å². The highest BCUT2D eigenvalue weighted by Gasteiger charge is 2.43. The lowest BCUT2D eigenvalue weighted by molar-refractivity contribution is -0.385. The van der Waals surface area contributed by atoms with E-state index in [-0.39, 0.29) is 23.8 Å². The fourth-order valence-corrected chi connectivity index (χ4v) is 1.85. The molecule has 0 aliphatic heterocycles. The molecule has 1 aromatic rings. The molecule has 1 saturated carbocycles. The lowest BCUT2D eigenvalue weighted by atomic mass is 10.1. The van der Waals surface area contributed by atoms with Gasteiger partial charge in [-0.2, -0.15) is 0 Å². The Labute approximate surface area is 104 Å². The molecule has 0 unspecified atom stereocenters. The first-order valence-corrected chi connectivity index (χ1v) is 5.66. The fraction of sp³-hybridized carbons (Fsp3) is 0.417. The minimum atomic E-state index is -0.520. The van der Waals surface area contributed by atoms with Crippen LogP contribution < -0.4 is 5.32 Å². The molecule has 1 aliphatic rings. The zero-order chi connectivity index (χ0) is 13.3. The Morgan fingerprint density at radius 3 is 2.72 bits per heavy atom. The van der Waals surface area contributed by atoms with Crippen LogP contribution in [0.2, 0.25) is 0 Å². The standard InChI is InChI=1S/C12H14N2O4/c1-8-9(3-2-4-10(8)14(17)18)11(16)13-12(7-15)5-6-12/h2-4,15H,5-7H2,1H3,(H,13,16). The third-order valence-electron chi connectivity index (χ3n) is 3.28. The van der Waals surface area contributed by atoms with Gasteiger partial charge in [-0.25, -0.2) is 0 Å². The van der Waals surface area contributed by atoms with Crippen LogP contribution >= 0.6 is 0 Å². The van der Waals surface area contributed by atoms with Crippen molar-refractivity contribution in [3.63, 3.8) is 0 Å². The Kier molecular flexibility index (Phi) is 3.04. The molecule has 6 nitrogen and oxygen atoms in total. The number of nitrogens with one attached hydrogen (secondary N) is 1. The molecule has 18 heavy (non-hydrogen) atoms. The molecule has 96 valence electrons. The lowest BCUT2D eigenvalue weighted by Gasteiger charge is -2.15. The van der Waals surface area contributed by atoms with Crippen LogP contribution in [0.3, 0.4) is 0 Å². The molecule has 0 aromatic heterocycles. The molecule has 0 saturated heterocycles. The summed E-state index contributed by atoms with van der Waals surface area (Å²) in [5, 5.41) is 22.7. The van der Waals surface area contributed by atoms with E-state index in [9.17, 15) is 14.9 Å². The first kappa shape index (κ1) is 12.5. The minimum Gasteiger partial charge on any atom is -0.394 e. The Morgan fingerprint density at radius 2 is 2.22 bits per heavy atom. The number of carbonyl (C=O) groups excluding carboxylic acids is 1. The zero-order valence-corrected chi connectivity index (χ0v) is 9.97. The number of carbonyl (C=O) groups is 1. The molecule has 0 bridgehead atoms. The number of hydrogen-bond donors (Lipinski definition) is 2. The average molecular weight is 250 g/mol. The van der Waals surface area contributed by atoms with Crippen molar-refractivity contribution in [1.29, 1.82) is 0 Å². The van der Waals surface area contributed by atoms with Crippen molar-refractivity contribution in [2.75, 3.05) is 6.61 Å². The van der Waals surface area contributed by atoms with Gasteiger partial charge in [-0.1, -0.05) is 6.07 Å². The van der Waals surface area contributed by atoms with Gasteiger partial charge in [0, 0.05) is 17.2 Å². The Hall–Kier alpha value is -1.95. The summed E-state index contributed by atoms with van der Waals surface area (Å²) >= 11 is 0. The number of hydrogen-bond acceptors (Lipinski definition) is 4. The maximum Gasteiger partial charge on any atom is 0.273 e. The van der Waals surface area contributed by atoms with Crippen LogP contribution in [0.4, 0.5) is 5.69 Å². The zero-order valence-electron chi connectivity index (χ0n) is 9.97. The number of aliphatic hydroxyl groups is 1. The third-order valence-corrected chi connectivity index (χ3v) is 3.28. The highest BCUT2D eigenvalue weighted by molar-refractivity contribution is 5.97. The number of aliphatic hydroxyl groups excluding tert-OH is 1. The summed E-state index contributed by atoms with van der Waals surface area (Å²) in [7, 11) is 0. The Bertz CT molecular complexity index is 509. The van der Waals surface area contributed by atoms with E-state index < -0.39 is 10.5 Å². The number of nitro benzene ring substituents is 1. The molecule has 2 rings (SSSR count). The average Bonchev–Trinajstić information content (AvgIpc) is 3.09. The largest absolute Gasteiger partial charge is 0.394 e. The number of amides is 1. The normalized spacial score (nSPS) is 16.1. The fourth-order valence-electron chi connectivity index (χ4n) is 1.85. The molecule has 1 aromatic carbocycles. The third kappa shape index (κ3) is 2.19. The molecule has 1 aliphatic carbocycles. The summed E-state index contributed by atoms with van der Waals surface area (Å²) in [5.74, 6) is -0.372. The van der Waals surface area contributed by atoms with Gasteiger partial charge in [0.05, 0.1) is 17.1 Å². The molecular weight excluding hydrogens is 236 g/mol. The summed E-state index contributed by atoms with van der Waals surface area (Å²) in [4.78, 5) is 22.3. The van der Waals surface area contributed by atoms with E-state index >= 15 is 0 Å². The van der Waals surface area contributed by atoms with E-state index in [4.69, 9.17) is 5.11 Å². The van der Waals surface area contributed by atoms with Gasteiger partial charge >= 0.3 is 0 Å². The SMILES string of the molecule is Cc1c(C(=O)NC2(CO)CC2)cccc1[N+](=O)[O-]. The second kappa shape index (κ2) is 4.38. The first-order valence-electron chi connectivity index (χ1n) is 5.66. The molecule has 6 heteroatoms. The minimum absolute atomic E-state index is 0.0727. The van der Waals surface area contributed by atoms with E-state index in [0.29, 0.717) is 5.56 Å². The molecule has 1 fully saturated rings. The van der Waals surface area contributed by atoms with Crippen molar-refractivity contribution in [2.45, 2.75) is 25.3 Å². The number of nitro groups is 1. The van der Waals surface area contributed by atoms with Gasteiger partial charge in [0.15, 0.2) is 0 Å².